The summed E-state index contributed by atoms with van der Waals surface area (Å²) in [5.41, 5.74) is 4.22. The quantitative estimate of drug-likeness (QED) is 0.872. The Labute approximate surface area is 142 Å². The minimum absolute atomic E-state index is 0.00996. The topological polar surface area (TPSA) is 40.6 Å². The zero-order chi connectivity index (χ0) is 17.1. The number of amides is 2. The summed E-state index contributed by atoms with van der Waals surface area (Å²) < 4.78 is 0. The molecule has 1 heterocycles. The van der Waals surface area contributed by atoms with Gasteiger partial charge in [-0.2, -0.15) is 0 Å². The largest absolute Gasteiger partial charge is 0.331 e. The molecule has 0 aromatic heterocycles. The van der Waals surface area contributed by atoms with Gasteiger partial charge in [0.15, 0.2) is 0 Å². The second kappa shape index (κ2) is 6.87. The minimum Gasteiger partial charge on any atom is -0.331 e. The molecular weight excluding hydrogens is 300 g/mol. The van der Waals surface area contributed by atoms with Crippen LogP contribution >= 0.6 is 0 Å². The molecule has 3 rings (SSSR count). The Morgan fingerprint density at radius 2 is 1.50 bits per heavy atom. The maximum Gasteiger partial charge on any atom is 0.246 e. The van der Waals surface area contributed by atoms with E-state index in [1.165, 1.54) is 5.56 Å². The fourth-order valence-electron chi connectivity index (χ4n) is 2.88. The van der Waals surface area contributed by atoms with Gasteiger partial charge >= 0.3 is 0 Å². The van der Waals surface area contributed by atoms with E-state index >= 15 is 0 Å². The van der Waals surface area contributed by atoms with E-state index in [0.29, 0.717) is 19.5 Å². The standard InChI is InChI=1S/C20H22N2O2/c1-15-3-7-17(8-4-15)13-19(23)21-11-12-22(20(24)14-21)18-9-5-16(2)6-10-18/h3-10H,11-14H2,1-2H3. The second-order valence-electron chi connectivity index (χ2n) is 6.36. The van der Waals surface area contributed by atoms with Crippen molar-refractivity contribution in [1.82, 2.24) is 4.90 Å². The van der Waals surface area contributed by atoms with Crippen LogP contribution in [0.25, 0.3) is 0 Å². The van der Waals surface area contributed by atoms with Crippen molar-refractivity contribution in [3.8, 4) is 0 Å². The summed E-state index contributed by atoms with van der Waals surface area (Å²) in [4.78, 5) is 28.3. The Kier molecular flexibility index (Phi) is 4.65. The smallest absolute Gasteiger partial charge is 0.246 e. The van der Waals surface area contributed by atoms with Gasteiger partial charge in [0.2, 0.25) is 11.8 Å². The van der Waals surface area contributed by atoms with Crippen LogP contribution in [0.4, 0.5) is 5.69 Å². The molecule has 2 aromatic carbocycles. The first-order valence-corrected chi connectivity index (χ1v) is 8.23. The predicted molar refractivity (Wildman–Crippen MR) is 95.0 cm³/mol. The van der Waals surface area contributed by atoms with E-state index in [9.17, 15) is 9.59 Å². The lowest BCUT2D eigenvalue weighted by molar-refractivity contribution is -0.136. The lowest BCUT2D eigenvalue weighted by atomic mass is 10.1. The number of benzene rings is 2. The van der Waals surface area contributed by atoms with Gasteiger partial charge in [-0.3, -0.25) is 9.59 Å². The molecule has 2 amide bonds. The van der Waals surface area contributed by atoms with Crippen LogP contribution in [0.5, 0.6) is 0 Å². The number of nitrogens with zero attached hydrogens (tertiary/aromatic N) is 2. The normalized spacial score (nSPS) is 14.8. The van der Waals surface area contributed by atoms with Crippen LogP contribution in [0.1, 0.15) is 16.7 Å². The molecule has 1 aliphatic rings. The number of carbonyl (C=O) groups excluding carboxylic acids is 2. The summed E-state index contributed by atoms with van der Waals surface area (Å²) in [6, 6.07) is 15.9. The zero-order valence-electron chi connectivity index (χ0n) is 14.2. The Morgan fingerprint density at radius 3 is 2.08 bits per heavy atom. The Balaban J connectivity index is 1.62. The molecule has 0 unspecified atom stereocenters. The van der Waals surface area contributed by atoms with Gasteiger partial charge in [0.1, 0.15) is 6.54 Å². The number of hydrogen-bond acceptors (Lipinski definition) is 2. The summed E-state index contributed by atoms with van der Waals surface area (Å²) in [6.45, 7) is 5.31. The first-order chi connectivity index (χ1) is 11.5. The molecule has 4 heteroatoms. The van der Waals surface area contributed by atoms with Gasteiger partial charge in [0.25, 0.3) is 0 Å². The molecule has 0 spiro atoms. The molecule has 0 aliphatic carbocycles. The Morgan fingerprint density at radius 1 is 0.917 bits per heavy atom. The van der Waals surface area contributed by atoms with E-state index < -0.39 is 0 Å². The summed E-state index contributed by atoms with van der Waals surface area (Å²) in [7, 11) is 0. The number of anilines is 1. The first-order valence-electron chi connectivity index (χ1n) is 8.23. The van der Waals surface area contributed by atoms with Crippen molar-refractivity contribution in [3.05, 3.63) is 65.2 Å². The average Bonchev–Trinajstić information content (AvgIpc) is 2.58. The fraction of sp³-hybridized carbons (Fsp3) is 0.300. The zero-order valence-corrected chi connectivity index (χ0v) is 14.2. The number of aryl methyl sites for hydroxylation is 2. The van der Waals surface area contributed by atoms with Crippen LogP contribution < -0.4 is 4.90 Å². The molecule has 0 saturated carbocycles. The van der Waals surface area contributed by atoms with Crippen molar-refractivity contribution in [2.75, 3.05) is 24.5 Å². The third-order valence-electron chi connectivity index (χ3n) is 4.40. The minimum atomic E-state index is -0.0256. The molecule has 2 aromatic rings. The highest BCUT2D eigenvalue weighted by Gasteiger charge is 2.27. The van der Waals surface area contributed by atoms with Crippen LogP contribution in [-0.4, -0.2) is 36.3 Å². The number of hydrogen-bond donors (Lipinski definition) is 0. The molecule has 1 fully saturated rings. The Bertz CT molecular complexity index is 733. The molecule has 0 N–H and O–H groups in total. The van der Waals surface area contributed by atoms with E-state index in [1.807, 2.05) is 62.4 Å². The van der Waals surface area contributed by atoms with Crippen molar-refractivity contribution >= 4 is 17.5 Å². The first kappa shape index (κ1) is 16.2. The highest BCUT2D eigenvalue weighted by atomic mass is 16.2. The van der Waals surface area contributed by atoms with E-state index in [4.69, 9.17) is 0 Å². The highest BCUT2D eigenvalue weighted by molar-refractivity contribution is 5.98. The summed E-state index contributed by atoms with van der Waals surface area (Å²) in [6.07, 6.45) is 0.345. The van der Waals surface area contributed by atoms with Crippen molar-refractivity contribution in [3.63, 3.8) is 0 Å². The molecule has 1 aliphatic heterocycles. The number of rotatable bonds is 3. The third kappa shape index (κ3) is 3.65. The summed E-state index contributed by atoms with van der Waals surface area (Å²) >= 11 is 0. The third-order valence-corrected chi connectivity index (χ3v) is 4.40. The van der Waals surface area contributed by atoms with Crippen LogP contribution in [0, 0.1) is 13.8 Å². The van der Waals surface area contributed by atoms with Crippen molar-refractivity contribution in [2.24, 2.45) is 0 Å². The Hall–Kier alpha value is -2.62. The number of carbonyl (C=O) groups is 2. The maximum absolute atomic E-state index is 12.4. The SMILES string of the molecule is Cc1ccc(CC(=O)N2CCN(c3ccc(C)cc3)C(=O)C2)cc1. The van der Waals surface area contributed by atoms with E-state index in [2.05, 4.69) is 0 Å². The van der Waals surface area contributed by atoms with Gasteiger partial charge in [-0.05, 0) is 31.5 Å². The summed E-state index contributed by atoms with van der Waals surface area (Å²) in [5.74, 6) is -0.0156. The van der Waals surface area contributed by atoms with Crippen LogP contribution in [0.2, 0.25) is 0 Å². The molecule has 124 valence electrons. The second-order valence-corrected chi connectivity index (χ2v) is 6.36. The van der Waals surface area contributed by atoms with Gasteiger partial charge in [0, 0.05) is 18.8 Å². The van der Waals surface area contributed by atoms with Crippen molar-refractivity contribution in [2.45, 2.75) is 20.3 Å². The molecular formula is C20H22N2O2. The monoisotopic (exact) mass is 322 g/mol. The number of piperazine rings is 1. The van der Waals surface area contributed by atoms with Gasteiger partial charge in [0.05, 0.1) is 6.42 Å². The molecule has 4 nitrogen and oxygen atoms in total. The lowest BCUT2D eigenvalue weighted by Crippen LogP contribution is -2.52. The summed E-state index contributed by atoms with van der Waals surface area (Å²) in [5, 5.41) is 0. The molecule has 24 heavy (non-hydrogen) atoms. The van der Waals surface area contributed by atoms with Crippen molar-refractivity contribution < 1.29 is 9.59 Å². The van der Waals surface area contributed by atoms with Gasteiger partial charge in [-0.25, -0.2) is 0 Å². The van der Waals surface area contributed by atoms with Gasteiger partial charge in [-0.15, -0.1) is 0 Å². The van der Waals surface area contributed by atoms with Crippen LogP contribution in [0.15, 0.2) is 48.5 Å². The van der Waals surface area contributed by atoms with Crippen molar-refractivity contribution in [1.29, 1.82) is 0 Å². The molecule has 1 saturated heterocycles. The van der Waals surface area contributed by atoms with E-state index in [0.717, 1.165) is 16.8 Å². The molecule has 0 bridgehead atoms. The van der Waals surface area contributed by atoms with Gasteiger partial charge < -0.3 is 9.80 Å². The van der Waals surface area contributed by atoms with E-state index in [-0.39, 0.29) is 18.4 Å². The highest BCUT2D eigenvalue weighted by Crippen LogP contribution is 2.18. The maximum atomic E-state index is 12.4. The van der Waals surface area contributed by atoms with Crippen LogP contribution in [0.3, 0.4) is 0 Å². The average molecular weight is 322 g/mol. The predicted octanol–water partition coefficient (Wildman–Crippen LogP) is 2.72. The van der Waals surface area contributed by atoms with Gasteiger partial charge in [-0.1, -0.05) is 47.5 Å². The lowest BCUT2D eigenvalue weighted by Gasteiger charge is -2.34. The van der Waals surface area contributed by atoms with E-state index in [1.54, 1.807) is 9.80 Å². The molecule has 0 atom stereocenters. The van der Waals surface area contributed by atoms with Crippen LogP contribution in [-0.2, 0) is 16.0 Å². The molecule has 0 radical (unpaired) electrons. The fourth-order valence-corrected chi connectivity index (χ4v) is 2.88.